The smallest absolute Gasteiger partial charge is 0.260 e. The lowest BCUT2D eigenvalue weighted by Crippen LogP contribution is -2.39. The molecule has 0 bridgehead atoms. The molecule has 0 saturated heterocycles. The monoisotopic (exact) mass is 543 g/mol. The highest BCUT2D eigenvalue weighted by atomic mass is 79.9. The van der Waals surface area contributed by atoms with Gasteiger partial charge in [-0.2, -0.15) is 5.10 Å². The van der Waals surface area contributed by atoms with Gasteiger partial charge in [-0.1, -0.05) is 30.3 Å². The van der Waals surface area contributed by atoms with Gasteiger partial charge in [0.25, 0.3) is 5.91 Å². The number of nitrogens with zero attached hydrogens (tertiary/aromatic N) is 2. The maximum absolute atomic E-state index is 12.4. The minimum atomic E-state index is -3.74. The largest absolute Gasteiger partial charge is 0.493 e. The summed E-state index contributed by atoms with van der Waals surface area (Å²) in [5.41, 5.74) is 3.82. The number of hydrazone groups is 1. The van der Waals surface area contributed by atoms with Crippen molar-refractivity contribution in [3.05, 3.63) is 63.6 Å². The van der Waals surface area contributed by atoms with Crippen LogP contribution in [0, 0.1) is 6.92 Å². The molecule has 1 N–H and O–H groups in total. The van der Waals surface area contributed by atoms with E-state index in [2.05, 4.69) is 33.0 Å². The Kier molecular flexibility index (Phi) is 9.11. The van der Waals surface area contributed by atoms with Crippen LogP contribution in [0.1, 0.15) is 11.1 Å². The van der Waals surface area contributed by atoms with Crippen LogP contribution in [0.3, 0.4) is 0 Å². The molecule has 0 radical (unpaired) electrons. The molecule has 11 heteroatoms. The van der Waals surface area contributed by atoms with Crippen LogP contribution in [0.2, 0.25) is 5.02 Å². The molecule has 0 saturated carbocycles. The van der Waals surface area contributed by atoms with E-state index < -0.39 is 22.5 Å². The molecular formula is C21H23BrClN3O5S. The van der Waals surface area contributed by atoms with Crippen molar-refractivity contribution in [2.75, 3.05) is 30.8 Å². The van der Waals surface area contributed by atoms with Gasteiger partial charge < -0.3 is 9.47 Å². The van der Waals surface area contributed by atoms with Crippen molar-refractivity contribution in [2.45, 2.75) is 6.92 Å². The van der Waals surface area contributed by atoms with Crippen molar-refractivity contribution in [3.8, 4) is 11.5 Å². The number of carbonyl (C=O) groups excluding carboxylic acids is 1. The zero-order valence-electron chi connectivity index (χ0n) is 17.8. The number of anilines is 1. The van der Waals surface area contributed by atoms with Crippen LogP contribution in [0.15, 0.2) is 52.6 Å². The Bertz CT molecular complexity index is 1140. The number of halogens is 2. The van der Waals surface area contributed by atoms with E-state index >= 15 is 0 Å². The van der Waals surface area contributed by atoms with Gasteiger partial charge in [-0.3, -0.25) is 9.10 Å². The van der Waals surface area contributed by atoms with Crippen LogP contribution < -0.4 is 19.2 Å². The van der Waals surface area contributed by atoms with E-state index in [1.54, 1.807) is 43.3 Å². The number of amides is 1. The quantitative estimate of drug-likeness (QED) is 0.278. The normalized spacial score (nSPS) is 11.3. The molecule has 32 heavy (non-hydrogen) atoms. The molecule has 1 amide bonds. The van der Waals surface area contributed by atoms with Crippen molar-refractivity contribution >= 4 is 55.4 Å². The highest BCUT2D eigenvalue weighted by molar-refractivity contribution is 9.10. The summed E-state index contributed by atoms with van der Waals surface area (Å²) in [5.74, 6) is 0.353. The first kappa shape index (κ1) is 25.7. The Hall–Kier alpha value is -2.56. The summed E-state index contributed by atoms with van der Waals surface area (Å²) in [4.78, 5) is 12.4. The van der Waals surface area contributed by atoms with E-state index in [0.717, 1.165) is 10.6 Å². The lowest BCUT2D eigenvalue weighted by atomic mass is 10.2. The lowest BCUT2D eigenvalue weighted by Gasteiger charge is -2.23. The number of hydrogen-bond donors (Lipinski definition) is 1. The average Bonchev–Trinajstić information content (AvgIpc) is 2.72. The zero-order valence-corrected chi connectivity index (χ0v) is 20.9. The fourth-order valence-corrected chi connectivity index (χ4v) is 4.34. The van der Waals surface area contributed by atoms with Crippen molar-refractivity contribution in [2.24, 2.45) is 5.10 Å². The van der Waals surface area contributed by atoms with Crippen LogP contribution in [-0.4, -0.2) is 47.1 Å². The van der Waals surface area contributed by atoms with Crippen molar-refractivity contribution < 1.29 is 22.7 Å². The van der Waals surface area contributed by atoms with Crippen LogP contribution in [0.25, 0.3) is 0 Å². The van der Waals surface area contributed by atoms with Gasteiger partial charge in [-0.15, -0.1) is 0 Å². The molecule has 2 aromatic rings. The standard InChI is InChI=1S/C21H23BrClN3O5S/c1-5-9-31-21-16(22)10-15(11-19(21)30-3)12-24-25-20(27)13-26(32(4,28)29)18-8-6-7-17(23)14(18)2/h5-8,10-12H,1,9,13H2,2-4H3,(H,25,27)/b24-12+. The molecular weight excluding hydrogens is 522 g/mol. The molecule has 0 heterocycles. The van der Waals surface area contributed by atoms with E-state index in [1.165, 1.54) is 13.3 Å². The second-order valence-electron chi connectivity index (χ2n) is 6.58. The fraction of sp³-hybridized carbons (Fsp3) is 0.238. The molecule has 0 aliphatic carbocycles. The molecule has 2 rings (SSSR count). The van der Waals surface area contributed by atoms with Crippen molar-refractivity contribution in [1.29, 1.82) is 0 Å². The minimum absolute atomic E-state index is 0.307. The van der Waals surface area contributed by atoms with E-state index in [-0.39, 0.29) is 0 Å². The first-order chi connectivity index (χ1) is 15.1. The Balaban J connectivity index is 2.16. The van der Waals surface area contributed by atoms with Crippen LogP contribution in [0.4, 0.5) is 5.69 Å². The second-order valence-corrected chi connectivity index (χ2v) is 9.75. The van der Waals surface area contributed by atoms with Gasteiger partial charge in [-0.05, 0) is 58.2 Å². The molecule has 0 atom stereocenters. The molecule has 0 aliphatic rings. The molecule has 172 valence electrons. The summed E-state index contributed by atoms with van der Waals surface area (Å²) >= 11 is 9.51. The maximum atomic E-state index is 12.4. The van der Waals surface area contributed by atoms with Gasteiger partial charge in [0.2, 0.25) is 10.0 Å². The first-order valence-electron chi connectivity index (χ1n) is 9.24. The summed E-state index contributed by atoms with van der Waals surface area (Å²) in [7, 11) is -2.24. The minimum Gasteiger partial charge on any atom is -0.493 e. The summed E-state index contributed by atoms with van der Waals surface area (Å²) in [6.07, 6.45) is 4.03. The van der Waals surface area contributed by atoms with E-state index in [1.807, 2.05) is 0 Å². The highest BCUT2D eigenvalue weighted by Crippen LogP contribution is 2.36. The number of ether oxygens (including phenoxy) is 2. The van der Waals surface area contributed by atoms with Gasteiger partial charge >= 0.3 is 0 Å². The molecule has 0 unspecified atom stereocenters. The van der Waals surface area contributed by atoms with Gasteiger partial charge in [0.05, 0.1) is 29.7 Å². The second kappa shape index (κ2) is 11.3. The SMILES string of the molecule is C=CCOc1c(Br)cc(/C=N/NC(=O)CN(c2cccc(Cl)c2C)S(C)(=O)=O)cc1OC. The molecule has 0 spiro atoms. The van der Waals surface area contributed by atoms with E-state index in [0.29, 0.717) is 44.4 Å². The Morgan fingerprint density at radius 2 is 2.09 bits per heavy atom. The van der Waals surface area contributed by atoms with Crippen LogP contribution in [0.5, 0.6) is 11.5 Å². The first-order valence-corrected chi connectivity index (χ1v) is 12.3. The number of hydrogen-bond acceptors (Lipinski definition) is 6. The third-order valence-electron chi connectivity index (χ3n) is 4.20. The maximum Gasteiger partial charge on any atom is 0.260 e. The summed E-state index contributed by atoms with van der Waals surface area (Å²) in [6.45, 7) is 5.14. The third kappa shape index (κ3) is 6.72. The summed E-state index contributed by atoms with van der Waals surface area (Å²) < 4.78 is 37.0. The number of rotatable bonds is 10. The molecule has 8 nitrogen and oxygen atoms in total. The van der Waals surface area contributed by atoms with Crippen LogP contribution in [-0.2, 0) is 14.8 Å². The van der Waals surface area contributed by atoms with Crippen LogP contribution >= 0.6 is 27.5 Å². The topological polar surface area (TPSA) is 97.3 Å². The summed E-state index contributed by atoms with van der Waals surface area (Å²) in [6, 6.07) is 8.25. The number of carbonyl (C=O) groups is 1. The average molecular weight is 545 g/mol. The van der Waals surface area contributed by atoms with E-state index in [4.69, 9.17) is 21.1 Å². The highest BCUT2D eigenvalue weighted by Gasteiger charge is 2.23. The van der Waals surface area contributed by atoms with Gasteiger partial charge in [-0.25, -0.2) is 13.8 Å². The number of benzene rings is 2. The zero-order chi connectivity index (χ0) is 23.9. The Morgan fingerprint density at radius 1 is 1.38 bits per heavy atom. The van der Waals surface area contributed by atoms with E-state index in [9.17, 15) is 13.2 Å². The Morgan fingerprint density at radius 3 is 2.72 bits per heavy atom. The number of methoxy groups -OCH3 is 1. The number of sulfonamides is 1. The fourth-order valence-electron chi connectivity index (χ4n) is 2.69. The van der Waals surface area contributed by atoms with Crippen molar-refractivity contribution in [1.82, 2.24) is 5.43 Å². The molecule has 0 aromatic heterocycles. The van der Waals surface area contributed by atoms with Gasteiger partial charge in [0.15, 0.2) is 11.5 Å². The molecule has 2 aromatic carbocycles. The summed E-state index contributed by atoms with van der Waals surface area (Å²) in [5, 5.41) is 4.31. The third-order valence-corrected chi connectivity index (χ3v) is 6.32. The van der Waals surface area contributed by atoms with Gasteiger partial charge in [0.1, 0.15) is 13.2 Å². The predicted octanol–water partition coefficient (Wildman–Crippen LogP) is 3.90. The Labute approximate surface area is 201 Å². The lowest BCUT2D eigenvalue weighted by molar-refractivity contribution is -0.119. The predicted molar refractivity (Wildman–Crippen MR) is 131 cm³/mol. The van der Waals surface area contributed by atoms with Crippen molar-refractivity contribution in [3.63, 3.8) is 0 Å². The van der Waals surface area contributed by atoms with Gasteiger partial charge in [0, 0.05) is 5.02 Å². The molecule has 0 fully saturated rings. The number of nitrogens with one attached hydrogen (secondary N) is 1. The molecule has 0 aliphatic heterocycles.